The van der Waals surface area contributed by atoms with Crippen molar-refractivity contribution in [3.05, 3.63) is 79.9 Å². The van der Waals surface area contributed by atoms with Gasteiger partial charge in [0.1, 0.15) is 5.70 Å². The van der Waals surface area contributed by atoms with Gasteiger partial charge in [-0.15, -0.1) is 0 Å². The molecular formula is C21H23BrN4O4. The van der Waals surface area contributed by atoms with Gasteiger partial charge in [-0.05, 0) is 63.0 Å². The summed E-state index contributed by atoms with van der Waals surface area (Å²) in [4.78, 5) is 37.5. The Kier molecular flexibility index (Phi) is 8.70. The largest absolute Gasteiger partial charge is 0.351 e. The van der Waals surface area contributed by atoms with E-state index < -0.39 is 16.7 Å². The molecule has 0 aliphatic rings. The Morgan fingerprint density at radius 3 is 2.30 bits per heavy atom. The van der Waals surface area contributed by atoms with E-state index in [1.54, 1.807) is 18.2 Å². The summed E-state index contributed by atoms with van der Waals surface area (Å²) < 4.78 is 0.893. The van der Waals surface area contributed by atoms with E-state index in [-0.39, 0.29) is 16.9 Å². The summed E-state index contributed by atoms with van der Waals surface area (Å²) in [5.41, 5.74) is 0.921. The van der Waals surface area contributed by atoms with Crippen LogP contribution >= 0.6 is 15.9 Å². The highest BCUT2D eigenvalue weighted by Crippen LogP contribution is 2.14. The predicted molar refractivity (Wildman–Crippen MR) is 119 cm³/mol. The molecule has 0 atom stereocenters. The number of benzene rings is 2. The lowest BCUT2D eigenvalue weighted by atomic mass is 10.1. The van der Waals surface area contributed by atoms with Crippen LogP contribution < -0.4 is 10.6 Å². The molecule has 0 saturated heterocycles. The molecule has 0 fully saturated rings. The van der Waals surface area contributed by atoms with E-state index in [1.807, 2.05) is 31.1 Å². The second kappa shape index (κ2) is 11.2. The first-order valence-electron chi connectivity index (χ1n) is 9.22. The third kappa shape index (κ3) is 7.41. The monoisotopic (exact) mass is 474 g/mol. The molecule has 158 valence electrons. The van der Waals surface area contributed by atoms with Crippen LogP contribution in [0.2, 0.25) is 0 Å². The summed E-state index contributed by atoms with van der Waals surface area (Å²) in [5, 5.41) is 16.2. The molecule has 0 radical (unpaired) electrons. The van der Waals surface area contributed by atoms with Crippen LogP contribution in [0.4, 0.5) is 5.69 Å². The molecule has 0 unspecified atom stereocenters. The Bertz CT molecular complexity index is 925. The van der Waals surface area contributed by atoms with Gasteiger partial charge < -0.3 is 15.5 Å². The first kappa shape index (κ1) is 23.2. The molecule has 0 bridgehead atoms. The molecule has 0 aromatic heterocycles. The van der Waals surface area contributed by atoms with Gasteiger partial charge in [0.05, 0.1) is 4.92 Å². The predicted octanol–water partition coefficient (Wildman–Crippen LogP) is 3.20. The summed E-state index contributed by atoms with van der Waals surface area (Å²) in [6.07, 6.45) is 2.34. The van der Waals surface area contributed by atoms with Crippen LogP contribution in [0.1, 0.15) is 22.3 Å². The van der Waals surface area contributed by atoms with Gasteiger partial charge in [-0.25, -0.2) is 0 Å². The van der Waals surface area contributed by atoms with E-state index in [0.717, 1.165) is 23.0 Å². The van der Waals surface area contributed by atoms with Crippen molar-refractivity contribution in [2.45, 2.75) is 6.42 Å². The van der Waals surface area contributed by atoms with Crippen LogP contribution in [0, 0.1) is 10.1 Å². The lowest BCUT2D eigenvalue weighted by Crippen LogP contribution is -2.36. The van der Waals surface area contributed by atoms with Gasteiger partial charge in [0, 0.05) is 28.7 Å². The Morgan fingerprint density at radius 2 is 1.73 bits per heavy atom. The third-order valence-electron chi connectivity index (χ3n) is 4.08. The molecule has 0 aliphatic heterocycles. The normalized spacial score (nSPS) is 11.3. The number of nitrogens with zero attached hydrogens (tertiary/aromatic N) is 2. The number of nitro groups is 1. The van der Waals surface area contributed by atoms with E-state index in [0.29, 0.717) is 6.54 Å². The molecule has 2 rings (SSSR count). The number of hydrogen-bond donors (Lipinski definition) is 2. The van der Waals surface area contributed by atoms with Gasteiger partial charge in [-0.3, -0.25) is 19.7 Å². The molecule has 8 nitrogen and oxygen atoms in total. The van der Waals surface area contributed by atoms with Crippen molar-refractivity contribution >= 4 is 39.5 Å². The third-order valence-corrected chi connectivity index (χ3v) is 4.61. The van der Waals surface area contributed by atoms with E-state index in [4.69, 9.17) is 0 Å². The molecule has 2 aromatic carbocycles. The number of halogens is 1. The van der Waals surface area contributed by atoms with E-state index in [1.165, 1.54) is 24.3 Å². The fourth-order valence-electron chi connectivity index (χ4n) is 2.51. The van der Waals surface area contributed by atoms with Crippen LogP contribution in [0.15, 0.2) is 58.7 Å². The zero-order chi connectivity index (χ0) is 22.1. The van der Waals surface area contributed by atoms with E-state index >= 15 is 0 Å². The Labute approximate surface area is 183 Å². The smallest absolute Gasteiger partial charge is 0.269 e. The molecular weight excluding hydrogens is 452 g/mol. The second-order valence-corrected chi connectivity index (χ2v) is 7.70. The molecule has 0 saturated carbocycles. The first-order valence-corrected chi connectivity index (χ1v) is 10.0. The van der Waals surface area contributed by atoms with Crippen molar-refractivity contribution in [1.82, 2.24) is 15.5 Å². The Morgan fingerprint density at radius 1 is 1.10 bits per heavy atom. The van der Waals surface area contributed by atoms with Crippen LogP contribution in [-0.4, -0.2) is 48.8 Å². The van der Waals surface area contributed by atoms with Gasteiger partial charge in [0.15, 0.2) is 0 Å². The highest BCUT2D eigenvalue weighted by atomic mass is 79.9. The lowest BCUT2D eigenvalue weighted by Gasteiger charge is -2.13. The fourth-order valence-corrected chi connectivity index (χ4v) is 2.77. The second-order valence-electron chi connectivity index (χ2n) is 6.78. The SMILES string of the molecule is CN(C)CCCNC(=O)C(=Cc1ccc(Br)cc1)NC(=O)c1ccc([N+](=O)[O-])cc1. The summed E-state index contributed by atoms with van der Waals surface area (Å²) >= 11 is 3.36. The maximum Gasteiger partial charge on any atom is 0.269 e. The quantitative estimate of drug-likeness (QED) is 0.251. The van der Waals surface area contributed by atoms with E-state index in [9.17, 15) is 19.7 Å². The number of rotatable bonds is 9. The van der Waals surface area contributed by atoms with Gasteiger partial charge in [0.25, 0.3) is 17.5 Å². The summed E-state index contributed by atoms with van der Waals surface area (Å²) in [6.45, 7) is 1.28. The van der Waals surface area contributed by atoms with Gasteiger partial charge in [0.2, 0.25) is 0 Å². The molecule has 0 heterocycles. The number of amides is 2. The lowest BCUT2D eigenvalue weighted by molar-refractivity contribution is -0.384. The molecule has 0 spiro atoms. The molecule has 2 N–H and O–H groups in total. The summed E-state index contributed by atoms with van der Waals surface area (Å²) in [6, 6.07) is 12.5. The maximum atomic E-state index is 12.7. The number of nitrogens with one attached hydrogen (secondary N) is 2. The van der Waals surface area contributed by atoms with Gasteiger partial charge in [-0.1, -0.05) is 28.1 Å². The van der Waals surface area contributed by atoms with Crippen molar-refractivity contribution in [2.24, 2.45) is 0 Å². The van der Waals surface area contributed by atoms with Gasteiger partial charge >= 0.3 is 0 Å². The highest BCUT2D eigenvalue weighted by molar-refractivity contribution is 9.10. The number of carbonyl (C=O) groups is 2. The number of hydrogen-bond acceptors (Lipinski definition) is 5. The first-order chi connectivity index (χ1) is 14.3. The highest BCUT2D eigenvalue weighted by Gasteiger charge is 2.15. The zero-order valence-corrected chi connectivity index (χ0v) is 18.3. The Balaban J connectivity index is 2.17. The number of nitro benzene ring substituents is 1. The number of non-ortho nitro benzene ring substituents is 1. The standard InChI is InChI=1S/C21H23BrN4O4/c1-25(2)13-3-12-23-21(28)19(14-15-4-8-17(22)9-5-15)24-20(27)16-6-10-18(11-7-16)26(29)30/h4-11,14H,3,12-13H2,1-2H3,(H,23,28)(H,24,27). The van der Waals surface area contributed by atoms with Crippen molar-refractivity contribution in [2.75, 3.05) is 27.2 Å². The van der Waals surface area contributed by atoms with Crippen molar-refractivity contribution < 1.29 is 14.5 Å². The topological polar surface area (TPSA) is 105 Å². The average Bonchev–Trinajstić information content (AvgIpc) is 2.72. The molecule has 0 aliphatic carbocycles. The van der Waals surface area contributed by atoms with Crippen LogP contribution in [-0.2, 0) is 4.79 Å². The van der Waals surface area contributed by atoms with Crippen molar-refractivity contribution in [3.8, 4) is 0 Å². The summed E-state index contributed by atoms with van der Waals surface area (Å²) in [7, 11) is 3.90. The van der Waals surface area contributed by atoms with Crippen LogP contribution in [0.25, 0.3) is 6.08 Å². The fraction of sp³-hybridized carbons (Fsp3) is 0.238. The summed E-state index contributed by atoms with van der Waals surface area (Å²) in [5.74, 6) is -0.941. The number of carbonyl (C=O) groups excluding carboxylic acids is 2. The van der Waals surface area contributed by atoms with Crippen LogP contribution in [0.5, 0.6) is 0 Å². The minimum Gasteiger partial charge on any atom is -0.351 e. The van der Waals surface area contributed by atoms with Crippen molar-refractivity contribution in [3.63, 3.8) is 0 Å². The van der Waals surface area contributed by atoms with Crippen molar-refractivity contribution in [1.29, 1.82) is 0 Å². The molecule has 2 aromatic rings. The molecule has 9 heteroatoms. The minimum absolute atomic E-state index is 0.0885. The molecule has 30 heavy (non-hydrogen) atoms. The zero-order valence-electron chi connectivity index (χ0n) is 16.7. The van der Waals surface area contributed by atoms with E-state index in [2.05, 4.69) is 26.6 Å². The average molecular weight is 475 g/mol. The maximum absolute atomic E-state index is 12.7. The minimum atomic E-state index is -0.540. The molecule has 2 amide bonds. The van der Waals surface area contributed by atoms with Gasteiger partial charge in [-0.2, -0.15) is 0 Å². The Hall–Kier alpha value is -3.04. The van der Waals surface area contributed by atoms with Crippen LogP contribution in [0.3, 0.4) is 0 Å².